The highest BCUT2D eigenvalue weighted by molar-refractivity contribution is 7.99. The van der Waals surface area contributed by atoms with Crippen molar-refractivity contribution in [3.05, 3.63) is 109 Å². The lowest BCUT2D eigenvalue weighted by Gasteiger charge is -2.40. The van der Waals surface area contributed by atoms with Crippen molar-refractivity contribution in [1.82, 2.24) is 9.47 Å². The number of hydrogen-bond acceptors (Lipinski definition) is 7. The van der Waals surface area contributed by atoms with Crippen LogP contribution >= 0.6 is 23.4 Å². The summed E-state index contributed by atoms with van der Waals surface area (Å²) in [6.45, 7) is 2.24. The largest absolute Gasteiger partial charge is 0.477 e. The predicted octanol–water partition coefficient (Wildman–Crippen LogP) is 5.24. The maximum Gasteiger partial charge on any atom is 0.342 e. The van der Waals surface area contributed by atoms with E-state index in [1.165, 1.54) is 23.9 Å². The van der Waals surface area contributed by atoms with Crippen molar-refractivity contribution in [3.63, 3.8) is 0 Å². The Hall–Kier alpha value is -3.86. The second kappa shape index (κ2) is 10.0. The maximum absolute atomic E-state index is 13.2. The Morgan fingerprint density at radius 2 is 1.67 bits per heavy atom. The molecule has 1 aromatic heterocycles. The van der Waals surface area contributed by atoms with Gasteiger partial charge in [0.15, 0.2) is 0 Å². The van der Waals surface area contributed by atoms with Gasteiger partial charge in [0.1, 0.15) is 11.3 Å². The number of rotatable bonds is 6. The zero-order valence-electron chi connectivity index (χ0n) is 20.6. The van der Waals surface area contributed by atoms with Gasteiger partial charge in [-0.1, -0.05) is 65.8 Å². The number of carbonyl (C=O) groups is 1. The van der Waals surface area contributed by atoms with Crippen molar-refractivity contribution in [2.45, 2.75) is 16.9 Å². The summed E-state index contributed by atoms with van der Waals surface area (Å²) >= 11 is 7.39. The number of aromatic nitrogens is 1. The first-order valence-electron chi connectivity index (χ1n) is 12.4. The maximum atomic E-state index is 13.2. The molecule has 0 bridgehead atoms. The van der Waals surface area contributed by atoms with E-state index < -0.39 is 16.3 Å². The van der Waals surface area contributed by atoms with Gasteiger partial charge in [-0.3, -0.25) is 19.8 Å². The minimum atomic E-state index is -1.29. The normalized spacial score (nSPS) is 16.0. The number of piperazine rings is 1. The van der Waals surface area contributed by atoms with Gasteiger partial charge < -0.3 is 14.6 Å². The van der Waals surface area contributed by atoms with Gasteiger partial charge in [0, 0.05) is 42.7 Å². The highest BCUT2D eigenvalue weighted by Gasteiger charge is 2.33. The van der Waals surface area contributed by atoms with E-state index in [-0.39, 0.29) is 22.7 Å². The van der Waals surface area contributed by atoms with Gasteiger partial charge in [-0.25, -0.2) is 4.79 Å². The lowest BCUT2D eigenvalue weighted by molar-refractivity contribution is -0.384. The van der Waals surface area contributed by atoms with Crippen LogP contribution in [0.1, 0.15) is 27.5 Å². The van der Waals surface area contributed by atoms with E-state index in [0.717, 1.165) is 11.1 Å². The third-order valence-corrected chi connectivity index (χ3v) is 8.71. The number of halogens is 1. The van der Waals surface area contributed by atoms with Crippen molar-refractivity contribution in [2.24, 2.45) is 0 Å². The lowest BCUT2D eigenvalue weighted by Crippen LogP contribution is -2.48. The van der Waals surface area contributed by atoms with Crippen LogP contribution in [0.4, 0.5) is 11.4 Å². The van der Waals surface area contributed by atoms with Gasteiger partial charge in [0.25, 0.3) is 5.69 Å². The van der Waals surface area contributed by atoms with Crippen LogP contribution in [0.5, 0.6) is 0 Å². The molecule has 1 unspecified atom stereocenters. The number of carboxylic acids is 1. The van der Waals surface area contributed by atoms with Crippen LogP contribution in [-0.4, -0.2) is 51.6 Å². The zero-order chi connectivity index (χ0) is 27.3. The highest BCUT2D eigenvalue weighted by atomic mass is 35.5. The second-order valence-corrected chi connectivity index (χ2v) is 10.9. The molecule has 2 aliphatic heterocycles. The molecule has 2 aliphatic rings. The Morgan fingerprint density at radius 3 is 2.26 bits per heavy atom. The number of nitro groups is 1. The summed E-state index contributed by atoms with van der Waals surface area (Å²) in [5, 5.41) is 23.0. The molecule has 1 N–H and O–H groups in total. The summed E-state index contributed by atoms with van der Waals surface area (Å²) < 4.78 is 1.66. The number of thioether (sulfide) groups is 1. The SMILES string of the molecule is O=C(O)c1c2n(c3cc([N+](=O)[O-])c(N4CCN(C(c5ccccc5)c5ccc(Cl)cc5)CC4)cc3c1=O)CS2. The number of carboxylic acid groups (broad SMARTS) is 1. The number of benzene rings is 3. The highest BCUT2D eigenvalue weighted by Crippen LogP contribution is 2.40. The third-order valence-electron chi connectivity index (χ3n) is 7.38. The van der Waals surface area contributed by atoms with Crippen LogP contribution < -0.4 is 10.3 Å². The number of hydrogen-bond donors (Lipinski definition) is 1. The molecule has 3 aromatic carbocycles. The number of anilines is 1. The average Bonchev–Trinajstić information content (AvgIpc) is 2.92. The first kappa shape index (κ1) is 25.4. The van der Waals surface area contributed by atoms with E-state index in [0.29, 0.717) is 53.3 Å². The average molecular weight is 563 g/mol. The van der Waals surface area contributed by atoms with Crippen molar-refractivity contribution in [1.29, 1.82) is 0 Å². The van der Waals surface area contributed by atoms with Gasteiger partial charge in [-0.15, -0.1) is 0 Å². The van der Waals surface area contributed by atoms with Crippen LogP contribution in [-0.2, 0) is 5.88 Å². The smallest absolute Gasteiger partial charge is 0.342 e. The topological polar surface area (TPSA) is 109 Å². The Morgan fingerprint density at radius 1 is 1.00 bits per heavy atom. The van der Waals surface area contributed by atoms with E-state index in [4.69, 9.17) is 11.6 Å². The standard InChI is InChI=1S/C28H23ClN4O5S/c29-19-8-6-18(7-9-19)25(17-4-2-1-3-5-17)31-12-10-30(11-13-31)22-14-20-21(15-23(22)33(37)38)32-16-39-27(32)24(26(20)34)28(35)36/h1-9,14-15,25H,10-13,16H2,(H,35,36). The minimum Gasteiger partial charge on any atom is -0.477 e. The van der Waals surface area contributed by atoms with E-state index in [9.17, 15) is 24.8 Å². The number of nitro benzene ring substituents is 1. The Bertz CT molecular complexity index is 1670. The van der Waals surface area contributed by atoms with Crippen LogP contribution in [0.3, 0.4) is 0 Å². The molecule has 3 heterocycles. The Labute approximate surface area is 232 Å². The summed E-state index contributed by atoms with van der Waals surface area (Å²) in [6.07, 6.45) is 0. The molecule has 0 spiro atoms. The summed E-state index contributed by atoms with van der Waals surface area (Å²) in [4.78, 5) is 40.9. The summed E-state index contributed by atoms with van der Waals surface area (Å²) in [6, 6.07) is 20.8. The molecule has 1 saturated heterocycles. The van der Waals surface area contributed by atoms with E-state index >= 15 is 0 Å². The number of nitrogens with zero attached hydrogens (tertiary/aromatic N) is 4. The summed E-state index contributed by atoms with van der Waals surface area (Å²) in [5.74, 6) is -0.854. The number of pyridine rings is 1. The van der Waals surface area contributed by atoms with Crippen molar-refractivity contribution in [3.8, 4) is 0 Å². The molecule has 6 rings (SSSR count). The molecule has 198 valence electrons. The fourth-order valence-electron chi connectivity index (χ4n) is 5.49. The van der Waals surface area contributed by atoms with Gasteiger partial charge in [-0.05, 0) is 29.3 Å². The molecular weight excluding hydrogens is 540 g/mol. The van der Waals surface area contributed by atoms with Crippen molar-refractivity contribution in [2.75, 3.05) is 31.1 Å². The quantitative estimate of drug-likeness (QED) is 0.251. The molecule has 1 atom stereocenters. The lowest BCUT2D eigenvalue weighted by atomic mass is 9.96. The Kier molecular flexibility index (Phi) is 6.54. The van der Waals surface area contributed by atoms with Crippen LogP contribution in [0.2, 0.25) is 5.02 Å². The minimum absolute atomic E-state index is 0.0173. The number of fused-ring (bicyclic) bond motifs is 3. The zero-order valence-corrected chi connectivity index (χ0v) is 22.2. The molecule has 39 heavy (non-hydrogen) atoms. The second-order valence-electron chi connectivity index (χ2n) is 9.52. The predicted molar refractivity (Wildman–Crippen MR) is 151 cm³/mol. The molecule has 0 amide bonds. The van der Waals surface area contributed by atoms with Gasteiger partial charge >= 0.3 is 5.97 Å². The first-order valence-corrected chi connectivity index (χ1v) is 13.7. The van der Waals surface area contributed by atoms with E-state index in [2.05, 4.69) is 17.0 Å². The molecular formula is C28H23ClN4O5S. The fraction of sp³-hybridized carbons (Fsp3) is 0.214. The molecule has 0 radical (unpaired) electrons. The van der Waals surface area contributed by atoms with Gasteiger partial charge in [0.05, 0.1) is 27.4 Å². The van der Waals surface area contributed by atoms with E-state index in [1.54, 1.807) is 4.57 Å². The molecule has 11 heteroatoms. The van der Waals surface area contributed by atoms with Crippen LogP contribution in [0.15, 0.2) is 76.6 Å². The van der Waals surface area contributed by atoms with Gasteiger partial charge in [0.2, 0.25) is 5.43 Å². The molecule has 1 fully saturated rings. The summed E-state index contributed by atoms with van der Waals surface area (Å²) in [5.41, 5.74) is 1.96. The van der Waals surface area contributed by atoms with Crippen molar-refractivity contribution < 1.29 is 14.8 Å². The third kappa shape index (κ3) is 4.44. The van der Waals surface area contributed by atoms with Crippen LogP contribution in [0, 0.1) is 10.1 Å². The molecule has 4 aromatic rings. The van der Waals surface area contributed by atoms with Crippen LogP contribution in [0.25, 0.3) is 10.9 Å². The fourth-order valence-corrected chi connectivity index (χ4v) is 6.56. The number of aromatic carboxylic acids is 1. The molecule has 0 saturated carbocycles. The van der Waals surface area contributed by atoms with Gasteiger partial charge in [-0.2, -0.15) is 0 Å². The monoisotopic (exact) mass is 562 g/mol. The van der Waals surface area contributed by atoms with Crippen molar-refractivity contribution >= 4 is 51.6 Å². The molecule has 0 aliphatic carbocycles. The Balaban J connectivity index is 1.36. The molecule has 9 nitrogen and oxygen atoms in total. The first-order chi connectivity index (χ1) is 18.8. The summed E-state index contributed by atoms with van der Waals surface area (Å²) in [7, 11) is 0. The van der Waals surface area contributed by atoms with E-state index in [1.807, 2.05) is 47.4 Å².